The van der Waals surface area contributed by atoms with Crippen LogP contribution < -0.4 is 4.90 Å². The predicted molar refractivity (Wildman–Crippen MR) is 231 cm³/mol. The molecule has 1 aromatic heterocycles. The molecule has 258 valence electrons. The van der Waals surface area contributed by atoms with E-state index >= 15 is 0 Å². The van der Waals surface area contributed by atoms with Crippen molar-refractivity contribution in [3.63, 3.8) is 0 Å². The Kier molecular flexibility index (Phi) is 7.24. The average Bonchev–Trinajstić information content (AvgIpc) is 3.85. The van der Waals surface area contributed by atoms with Crippen molar-refractivity contribution >= 4 is 71.9 Å². The molecule has 0 spiro atoms. The van der Waals surface area contributed by atoms with E-state index in [-0.39, 0.29) is 0 Å². The smallest absolute Gasteiger partial charge is 0.138 e. The molecule has 0 N–H and O–H groups in total. The Balaban J connectivity index is 1.13. The molecule has 0 radical (unpaired) electrons. The summed E-state index contributed by atoms with van der Waals surface area (Å²) in [6.07, 6.45) is 0.818. The van der Waals surface area contributed by atoms with Gasteiger partial charge in [0.15, 0.2) is 0 Å². The van der Waals surface area contributed by atoms with Crippen LogP contribution in [-0.4, -0.2) is 5.71 Å². The molecule has 0 aliphatic carbocycles. The monoisotopic (exact) mass is 702 g/mol. The summed E-state index contributed by atoms with van der Waals surface area (Å²) in [6.45, 7) is 0. The van der Waals surface area contributed by atoms with Gasteiger partial charge in [-0.15, -0.1) is 0 Å². The number of furan rings is 1. The fourth-order valence-electron chi connectivity index (χ4n) is 8.31. The summed E-state index contributed by atoms with van der Waals surface area (Å²) in [5.74, 6) is 0. The molecule has 0 saturated carbocycles. The van der Waals surface area contributed by atoms with E-state index in [1.54, 1.807) is 0 Å². The Morgan fingerprint density at radius 3 is 1.87 bits per heavy atom. The fourth-order valence-corrected chi connectivity index (χ4v) is 8.31. The first-order valence-electron chi connectivity index (χ1n) is 18.8. The van der Waals surface area contributed by atoms with Crippen LogP contribution in [0, 0.1) is 0 Å². The molecule has 0 amide bonds. The molecule has 3 heteroatoms. The van der Waals surface area contributed by atoms with Crippen LogP contribution in [0.3, 0.4) is 0 Å². The van der Waals surface area contributed by atoms with Gasteiger partial charge < -0.3 is 9.32 Å². The third kappa shape index (κ3) is 5.40. The summed E-state index contributed by atoms with van der Waals surface area (Å²) in [5, 5.41) is 6.83. The first-order valence-corrected chi connectivity index (χ1v) is 18.8. The maximum absolute atomic E-state index is 6.82. The zero-order valence-electron chi connectivity index (χ0n) is 30.0. The standard InChI is InChI=1S/C52H34N2O/c1-3-11-34(12-4-1)36-21-25-43(26-22-36)54(44-27-23-38-29-37(19-20-39(38)30-44)35-13-5-2-6-14-35)52-45-17-9-7-15-40(45)32-50-51(52)46-28-24-42(33-49(46)55-50)48-31-41-16-8-10-18-47(41)53-48/h1-30,32-33H,31H2. The van der Waals surface area contributed by atoms with Crippen molar-refractivity contribution in [3.8, 4) is 22.3 Å². The summed E-state index contributed by atoms with van der Waals surface area (Å²) in [6, 6.07) is 69.6. The zero-order chi connectivity index (χ0) is 36.3. The second-order valence-electron chi connectivity index (χ2n) is 14.4. The highest BCUT2D eigenvalue weighted by molar-refractivity contribution is 6.22. The Hall–Kier alpha value is -7.23. The minimum absolute atomic E-state index is 0.818. The molecular weight excluding hydrogens is 669 g/mol. The highest BCUT2D eigenvalue weighted by Gasteiger charge is 2.24. The van der Waals surface area contributed by atoms with Crippen molar-refractivity contribution < 1.29 is 4.42 Å². The normalized spacial score (nSPS) is 12.4. The van der Waals surface area contributed by atoms with E-state index in [1.165, 1.54) is 38.6 Å². The van der Waals surface area contributed by atoms with E-state index in [9.17, 15) is 0 Å². The van der Waals surface area contributed by atoms with Crippen molar-refractivity contribution in [1.29, 1.82) is 0 Å². The number of hydrogen-bond donors (Lipinski definition) is 0. The van der Waals surface area contributed by atoms with Crippen LogP contribution in [0.5, 0.6) is 0 Å². The molecule has 55 heavy (non-hydrogen) atoms. The molecule has 1 aliphatic rings. The third-order valence-electron chi connectivity index (χ3n) is 11.0. The van der Waals surface area contributed by atoms with Gasteiger partial charge in [0, 0.05) is 34.1 Å². The van der Waals surface area contributed by atoms with Gasteiger partial charge in [0.05, 0.1) is 22.5 Å². The lowest BCUT2D eigenvalue weighted by atomic mass is 9.98. The van der Waals surface area contributed by atoms with Crippen molar-refractivity contribution in [2.75, 3.05) is 4.90 Å². The van der Waals surface area contributed by atoms with Crippen LogP contribution in [0.2, 0.25) is 0 Å². The van der Waals surface area contributed by atoms with Crippen molar-refractivity contribution in [1.82, 2.24) is 0 Å². The largest absolute Gasteiger partial charge is 0.456 e. The lowest BCUT2D eigenvalue weighted by Gasteiger charge is -2.28. The second kappa shape index (κ2) is 12.7. The van der Waals surface area contributed by atoms with Crippen molar-refractivity contribution in [2.45, 2.75) is 6.42 Å². The zero-order valence-corrected chi connectivity index (χ0v) is 30.0. The summed E-state index contributed by atoms with van der Waals surface area (Å²) >= 11 is 0. The second-order valence-corrected chi connectivity index (χ2v) is 14.4. The molecule has 1 aliphatic heterocycles. The van der Waals surface area contributed by atoms with Crippen LogP contribution in [0.4, 0.5) is 22.7 Å². The Labute approximate surface area is 319 Å². The molecule has 0 bridgehead atoms. The molecule has 9 aromatic carbocycles. The van der Waals surface area contributed by atoms with Crippen molar-refractivity contribution in [2.24, 2.45) is 4.99 Å². The Morgan fingerprint density at radius 2 is 1.05 bits per heavy atom. The van der Waals surface area contributed by atoms with Gasteiger partial charge in [-0.05, 0) is 98.6 Å². The van der Waals surface area contributed by atoms with Gasteiger partial charge in [0.1, 0.15) is 11.2 Å². The van der Waals surface area contributed by atoms with Gasteiger partial charge in [0.2, 0.25) is 0 Å². The van der Waals surface area contributed by atoms with Gasteiger partial charge in [-0.1, -0.05) is 140 Å². The number of benzene rings is 9. The maximum Gasteiger partial charge on any atom is 0.138 e. The number of anilines is 3. The quantitative estimate of drug-likeness (QED) is 0.173. The molecule has 0 unspecified atom stereocenters. The average molecular weight is 703 g/mol. The molecule has 2 heterocycles. The SMILES string of the molecule is c1ccc(-c2ccc(N(c3ccc4cc(-c5ccccc5)ccc4c3)c3c4ccccc4cc4oc5cc(C6=Nc7ccccc7C6)ccc5c34)cc2)cc1. The van der Waals surface area contributed by atoms with E-state index in [2.05, 4.69) is 199 Å². The molecule has 0 saturated heterocycles. The summed E-state index contributed by atoms with van der Waals surface area (Å²) < 4.78 is 6.82. The molecule has 0 fully saturated rings. The van der Waals surface area contributed by atoms with Gasteiger partial charge in [0.25, 0.3) is 0 Å². The maximum atomic E-state index is 6.82. The van der Waals surface area contributed by atoms with E-state index in [0.29, 0.717) is 0 Å². The van der Waals surface area contributed by atoms with E-state index in [0.717, 1.165) is 73.2 Å². The van der Waals surface area contributed by atoms with E-state index in [4.69, 9.17) is 9.41 Å². The lowest BCUT2D eigenvalue weighted by molar-refractivity contribution is 0.669. The number of nitrogens with zero attached hydrogens (tertiary/aromatic N) is 2. The van der Waals surface area contributed by atoms with E-state index < -0.39 is 0 Å². The van der Waals surface area contributed by atoms with Crippen LogP contribution in [0.25, 0.3) is 65.7 Å². The number of rotatable bonds is 6. The summed E-state index contributed by atoms with van der Waals surface area (Å²) in [5.41, 5.74) is 14.2. The first-order chi connectivity index (χ1) is 27.2. The van der Waals surface area contributed by atoms with Gasteiger partial charge in [-0.3, -0.25) is 4.99 Å². The molecule has 0 atom stereocenters. The topological polar surface area (TPSA) is 28.7 Å². The van der Waals surface area contributed by atoms with Crippen molar-refractivity contribution in [3.05, 3.63) is 205 Å². The first kappa shape index (κ1) is 31.3. The van der Waals surface area contributed by atoms with Crippen LogP contribution in [0.15, 0.2) is 204 Å². The van der Waals surface area contributed by atoms with Crippen LogP contribution in [-0.2, 0) is 6.42 Å². The van der Waals surface area contributed by atoms with E-state index in [1.807, 2.05) is 0 Å². The molecule has 10 aromatic rings. The Bertz CT molecular complexity index is 3100. The van der Waals surface area contributed by atoms with Crippen LogP contribution in [0.1, 0.15) is 11.1 Å². The lowest BCUT2D eigenvalue weighted by Crippen LogP contribution is -2.11. The predicted octanol–water partition coefficient (Wildman–Crippen LogP) is 14.4. The summed E-state index contributed by atoms with van der Waals surface area (Å²) in [4.78, 5) is 7.42. The van der Waals surface area contributed by atoms with Gasteiger partial charge in [-0.2, -0.15) is 0 Å². The number of para-hydroxylation sites is 1. The minimum Gasteiger partial charge on any atom is -0.456 e. The number of aliphatic imine (C=N–C) groups is 1. The fraction of sp³-hybridized carbons (Fsp3) is 0.0192. The number of hydrogen-bond acceptors (Lipinski definition) is 3. The highest BCUT2D eigenvalue weighted by Crippen LogP contribution is 2.48. The third-order valence-corrected chi connectivity index (χ3v) is 11.0. The van der Waals surface area contributed by atoms with Gasteiger partial charge >= 0.3 is 0 Å². The molecule has 11 rings (SSSR count). The van der Waals surface area contributed by atoms with Crippen LogP contribution >= 0.6 is 0 Å². The Morgan fingerprint density at radius 1 is 0.418 bits per heavy atom. The summed E-state index contributed by atoms with van der Waals surface area (Å²) in [7, 11) is 0. The molecular formula is C52H34N2O. The number of fused-ring (bicyclic) bond motifs is 6. The minimum atomic E-state index is 0.818. The molecule has 3 nitrogen and oxygen atoms in total. The van der Waals surface area contributed by atoms with Gasteiger partial charge in [-0.25, -0.2) is 0 Å². The highest BCUT2D eigenvalue weighted by atomic mass is 16.3.